The minimum atomic E-state index is -1.23. The highest BCUT2D eigenvalue weighted by molar-refractivity contribution is 5.98. The molecule has 10 heteroatoms. The molecule has 0 aliphatic carbocycles. The quantitative estimate of drug-likeness (QED) is 0.253. The van der Waals surface area contributed by atoms with Crippen LogP contribution in [-0.2, 0) is 0 Å². The molecule has 2 aromatic carbocycles. The molecule has 0 radical (unpaired) electrons. The Morgan fingerprint density at radius 3 is 2.20 bits per heavy atom. The molecule has 3 aromatic rings. The van der Waals surface area contributed by atoms with E-state index in [4.69, 9.17) is 10.2 Å². The fraction of sp³-hybridized carbons (Fsp3) is 0.320. The maximum Gasteiger partial charge on any atom is 0.404 e. The van der Waals surface area contributed by atoms with Crippen molar-refractivity contribution in [2.75, 3.05) is 6.54 Å². The Bertz CT molecular complexity index is 1190. The second kappa shape index (κ2) is 11.4. The Balaban J connectivity index is 1.66. The molecule has 0 fully saturated rings. The SMILES string of the molecule is CC(C)C(CCC(CNC(=O)c1cc2ccc(-c3ccc(F)cc3)cc2[nH]1)NC(=O)O)NC(=O)O. The summed E-state index contributed by atoms with van der Waals surface area (Å²) >= 11 is 0. The van der Waals surface area contributed by atoms with E-state index in [1.54, 1.807) is 18.2 Å². The molecule has 0 aliphatic rings. The Hall–Kier alpha value is -4.08. The summed E-state index contributed by atoms with van der Waals surface area (Å²) in [6.07, 6.45) is -1.62. The molecular formula is C25H29FN4O5. The lowest BCUT2D eigenvalue weighted by Gasteiger charge is -2.24. The molecule has 186 valence electrons. The first-order valence-electron chi connectivity index (χ1n) is 11.3. The van der Waals surface area contributed by atoms with Crippen molar-refractivity contribution in [2.45, 2.75) is 38.8 Å². The topological polar surface area (TPSA) is 144 Å². The van der Waals surface area contributed by atoms with Gasteiger partial charge in [-0.05, 0) is 54.2 Å². The standard InChI is InChI=1S/C25H29FN4O5/c1-14(2)20(30-25(34)35)10-9-19(28-24(32)33)13-27-23(31)22-12-17-4-3-16(11-21(17)29-22)15-5-7-18(26)8-6-15/h3-8,11-12,14,19-20,28-30H,9-10,13H2,1-2H3,(H,27,31)(H,32,33)(H,34,35). The van der Waals surface area contributed by atoms with Gasteiger partial charge in [0.2, 0.25) is 0 Å². The van der Waals surface area contributed by atoms with Gasteiger partial charge in [0.05, 0.1) is 0 Å². The van der Waals surface area contributed by atoms with Crippen LogP contribution in [0, 0.1) is 11.7 Å². The molecule has 6 N–H and O–H groups in total. The van der Waals surface area contributed by atoms with Gasteiger partial charge in [-0.2, -0.15) is 0 Å². The smallest absolute Gasteiger partial charge is 0.404 e. The number of hydrogen-bond donors (Lipinski definition) is 6. The predicted octanol–water partition coefficient (Wildman–Crippen LogP) is 4.41. The van der Waals surface area contributed by atoms with Gasteiger partial charge in [-0.3, -0.25) is 4.79 Å². The van der Waals surface area contributed by atoms with Gasteiger partial charge in [-0.1, -0.05) is 38.1 Å². The van der Waals surface area contributed by atoms with Gasteiger partial charge in [0, 0.05) is 29.5 Å². The van der Waals surface area contributed by atoms with Crippen molar-refractivity contribution >= 4 is 29.0 Å². The van der Waals surface area contributed by atoms with Crippen LogP contribution in [0.1, 0.15) is 37.2 Å². The van der Waals surface area contributed by atoms with Crippen molar-refractivity contribution in [3.05, 3.63) is 60.0 Å². The second-order valence-electron chi connectivity index (χ2n) is 8.73. The zero-order valence-corrected chi connectivity index (χ0v) is 19.5. The van der Waals surface area contributed by atoms with Crippen LogP contribution in [0.25, 0.3) is 22.0 Å². The monoisotopic (exact) mass is 484 g/mol. The normalized spacial score (nSPS) is 12.8. The molecule has 0 saturated carbocycles. The summed E-state index contributed by atoms with van der Waals surface area (Å²) < 4.78 is 13.2. The maximum atomic E-state index is 13.2. The number of aromatic nitrogens is 1. The lowest BCUT2D eigenvalue weighted by Crippen LogP contribution is -2.45. The Morgan fingerprint density at radius 2 is 1.57 bits per heavy atom. The third kappa shape index (κ3) is 7.20. The lowest BCUT2D eigenvalue weighted by atomic mass is 9.97. The Labute approximate surface area is 201 Å². The maximum absolute atomic E-state index is 13.2. The Morgan fingerprint density at radius 1 is 0.914 bits per heavy atom. The van der Waals surface area contributed by atoms with Gasteiger partial charge >= 0.3 is 12.2 Å². The summed E-state index contributed by atoms with van der Waals surface area (Å²) in [5.41, 5.74) is 2.76. The van der Waals surface area contributed by atoms with E-state index in [9.17, 15) is 18.8 Å². The third-order valence-electron chi connectivity index (χ3n) is 5.82. The van der Waals surface area contributed by atoms with Gasteiger partial charge in [0.15, 0.2) is 0 Å². The Kier molecular flexibility index (Phi) is 8.30. The number of H-pyrrole nitrogens is 1. The largest absolute Gasteiger partial charge is 0.465 e. The number of hydrogen-bond acceptors (Lipinski definition) is 3. The highest BCUT2D eigenvalue weighted by Gasteiger charge is 2.20. The number of rotatable bonds is 10. The molecule has 3 rings (SSSR count). The van der Waals surface area contributed by atoms with Crippen molar-refractivity contribution in [1.82, 2.24) is 20.9 Å². The molecule has 0 aliphatic heterocycles. The summed E-state index contributed by atoms with van der Waals surface area (Å²) in [5.74, 6) is -0.690. The number of carbonyl (C=O) groups excluding carboxylic acids is 1. The summed E-state index contributed by atoms with van der Waals surface area (Å²) in [4.78, 5) is 38.0. The number of amides is 3. The van der Waals surface area contributed by atoms with E-state index in [1.807, 2.05) is 32.0 Å². The van der Waals surface area contributed by atoms with Gasteiger partial charge in [-0.25, -0.2) is 14.0 Å². The molecule has 3 amide bonds. The average Bonchev–Trinajstić information content (AvgIpc) is 3.23. The fourth-order valence-electron chi connectivity index (χ4n) is 3.89. The zero-order chi connectivity index (χ0) is 25.5. The second-order valence-corrected chi connectivity index (χ2v) is 8.73. The van der Waals surface area contributed by atoms with Crippen molar-refractivity contribution in [3.8, 4) is 11.1 Å². The minimum absolute atomic E-state index is 0.0253. The van der Waals surface area contributed by atoms with Crippen LogP contribution in [0.4, 0.5) is 14.0 Å². The molecule has 1 aromatic heterocycles. The number of nitrogens with one attached hydrogen (secondary N) is 4. The highest BCUT2D eigenvalue weighted by atomic mass is 19.1. The van der Waals surface area contributed by atoms with E-state index in [2.05, 4.69) is 20.9 Å². The molecule has 2 atom stereocenters. The number of carbonyl (C=O) groups is 3. The lowest BCUT2D eigenvalue weighted by molar-refractivity contribution is 0.0943. The highest BCUT2D eigenvalue weighted by Crippen LogP contribution is 2.25. The van der Waals surface area contributed by atoms with E-state index in [-0.39, 0.29) is 24.3 Å². The van der Waals surface area contributed by atoms with E-state index < -0.39 is 24.1 Å². The van der Waals surface area contributed by atoms with Crippen molar-refractivity contribution in [3.63, 3.8) is 0 Å². The molecule has 35 heavy (non-hydrogen) atoms. The van der Waals surface area contributed by atoms with Crippen LogP contribution in [0.3, 0.4) is 0 Å². The minimum Gasteiger partial charge on any atom is -0.465 e. The van der Waals surface area contributed by atoms with Gasteiger partial charge in [0.1, 0.15) is 11.5 Å². The number of halogens is 1. The van der Waals surface area contributed by atoms with Crippen molar-refractivity contribution in [1.29, 1.82) is 0 Å². The predicted molar refractivity (Wildman–Crippen MR) is 130 cm³/mol. The van der Waals surface area contributed by atoms with Gasteiger partial charge in [0.25, 0.3) is 5.91 Å². The molecule has 2 unspecified atom stereocenters. The fourth-order valence-corrected chi connectivity index (χ4v) is 3.89. The number of fused-ring (bicyclic) bond motifs is 1. The van der Waals surface area contributed by atoms with Crippen molar-refractivity contribution in [2.24, 2.45) is 5.92 Å². The first-order valence-corrected chi connectivity index (χ1v) is 11.3. The molecule has 9 nitrogen and oxygen atoms in total. The van der Waals surface area contributed by atoms with E-state index >= 15 is 0 Å². The van der Waals surface area contributed by atoms with Crippen LogP contribution in [-0.4, -0.2) is 51.9 Å². The zero-order valence-electron chi connectivity index (χ0n) is 19.5. The summed E-state index contributed by atoms with van der Waals surface area (Å²) in [7, 11) is 0. The van der Waals surface area contributed by atoms with Crippen LogP contribution < -0.4 is 16.0 Å². The average molecular weight is 485 g/mol. The van der Waals surface area contributed by atoms with Crippen LogP contribution in [0.2, 0.25) is 0 Å². The van der Waals surface area contributed by atoms with E-state index in [0.717, 1.165) is 22.0 Å². The van der Waals surface area contributed by atoms with Crippen molar-refractivity contribution < 1.29 is 29.0 Å². The van der Waals surface area contributed by atoms with Gasteiger partial charge < -0.3 is 31.1 Å². The summed E-state index contributed by atoms with van der Waals surface area (Å²) in [6.45, 7) is 3.79. The first-order chi connectivity index (χ1) is 16.6. The third-order valence-corrected chi connectivity index (χ3v) is 5.82. The first kappa shape index (κ1) is 25.5. The number of benzene rings is 2. The van der Waals surface area contributed by atoms with Gasteiger partial charge in [-0.15, -0.1) is 0 Å². The van der Waals surface area contributed by atoms with Crippen LogP contribution >= 0.6 is 0 Å². The molecule has 0 saturated heterocycles. The van der Waals surface area contributed by atoms with E-state index in [0.29, 0.717) is 18.5 Å². The summed E-state index contributed by atoms with van der Waals surface area (Å²) in [6, 6.07) is 12.5. The molecule has 1 heterocycles. The van der Waals surface area contributed by atoms with E-state index in [1.165, 1.54) is 12.1 Å². The number of aromatic amines is 1. The number of carboxylic acid groups (broad SMARTS) is 2. The van der Waals surface area contributed by atoms with Crippen LogP contribution in [0.15, 0.2) is 48.5 Å². The molecule has 0 spiro atoms. The summed E-state index contributed by atoms with van der Waals surface area (Å²) in [5, 5.41) is 26.5. The molecule has 0 bridgehead atoms. The van der Waals surface area contributed by atoms with Crippen LogP contribution in [0.5, 0.6) is 0 Å². The molecular weight excluding hydrogens is 455 g/mol.